The number of amides is 1. The minimum absolute atomic E-state index is 0.345. The number of fused-ring (bicyclic) bond motifs is 1. The summed E-state index contributed by atoms with van der Waals surface area (Å²) in [5.41, 5.74) is 0.846. The minimum atomic E-state index is -1.09. The summed E-state index contributed by atoms with van der Waals surface area (Å²) in [4.78, 5) is 21.9. The van der Waals surface area contributed by atoms with Gasteiger partial charge in [0.25, 0.3) is 0 Å². The van der Waals surface area contributed by atoms with E-state index < -0.39 is 23.7 Å². The topological polar surface area (TPSA) is 78.4 Å². The molecule has 1 aromatic rings. The lowest BCUT2D eigenvalue weighted by molar-refractivity contribution is -0.138. The van der Waals surface area contributed by atoms with Crippen LogP contribution in [-0.4, -0.2) is 23.0 Å². The highest BCUT2D eigenvalue weighted by Crippen LogP contribution is 2.27. The van der Waals surface area contributed by atoms with Gasteiger partial charge in [0.2, 0.25) is 5.91 Å². The fraction of sp³-hybridized carbons (Fsp3) is 0.200. The summed E-state index contributed by atoms with van der Waals surface area (Å²) in [7, 11) is 0. The van der Waals surface area contributed by atoms with Crippen molar-refractivity contribution < 1.29 is 19.1 Å². The zero-order chi connectivity index (χ0) is 11.7. The predicted octanol–water partition coefficient (Wildman–Crippen LogP) is 1.03. The average molecular weight is 224 g/mol. The van der Waals surface area contributed by atoms with E-state index in [4.69, 9.17) is 5.11 Å². The summed E-state index contributed by atoms with van der Waals surface area (Å²) in [6, 6.07) is 2.99. The van der Waals surface area contributed by atoms with Crippen molar-refractivity contribution in [3.05, 3.63) is 24.0 Å². The maximum absolute atomic E-state index is 12.9. The summed E-state index contributed by atoms with van der Waals surface area (Å²) in [5.74, 6) is -1.97. The number of rotatable bonds is 2. The highest BCUT2D eigenvalue weighted by atomic mass is 19.1. The molecule has 1 amide bonds. The van der Waals surface area contributed by atoms with E-state index in [1.54, 1.807) is 0 Å². The van der Waals surface area contributed by atoms with Gasteiger partial charge in [0.1, 0.15) is 11.9 Å². The number of halogens is 1. The number of carbonyl (C=O) groups excluding carboxylic acids is 1. The summed E-state index contributed by atoms with van der Waals surface area (Å²) in [6.07, 6.45) is -0.345. The second-order valence-corrected chi connectivity index (χ2v) is 3.47. The number of aliphatic carboxylic acids is 1. The first kappa shape index (κ1) is 10.4. The zero-order valence-corrected chi connectivity index (χ0v) is 8.16. The normalized spacial score (nSPS) is 18.3. The average Bonchev–Trinajstić information content (AvgIpc) is 2.19. The van der Waals surface area contributed by atoms with E-state index in [0.717, 1.165) is 0 Å². The van der Waals surface area contributed by atoms with Crippen LogP contribution in [0.1, 0.15) is 6.42 Å². The van der Waals surface area contributed by atoms with E-state index in [-0.39, 0.29) is 6.42 Å². The van der Waals surface area contributed by atoms with Gasteiger partial charge in [-0.2, -0.15) is 0 Å². The van der Waals surface area contributed by atoms with Crippen molar-refractivity contribution in [3.63, 3.8) is 0 Å². The van der Waals surface area contributed by atoms with Crippen LogP contribution in [-0.2, 0) is 9.59 Å². The molecule has 6 heteroatoms. The van der Waals surface area contributed by atoms with Gasteiger partial charge < -0.3 is 15.7 Å². The molecule has 0 aromatic heterocycles. The molecule has 84 valence electrons. The molecular weight excluding hydrogens is 215 g/mol. The maximum Gasteiger partial charge on any atom is 0.305 e. The zero-order valence-electron chi connectivity index (χ0n) is 8.16. The first-order valence-electron chi connectivity index (χ1n) is 4.65. The molecule has 1 unspecified atom stereocenters. The standard InChI is InChI=1S/C10H9FN2O3/c11-5-1-2-6-7(3-5)12-8(4-9(14)15)10(16)13-6/h1-3,8,12H,4H2,(H,13,16)(H,14,15). The predicted molar refractivity (Wildman–Crippen MR) is 54.7 cm³/mol. The Balaban J connectivity index is 2.26. The lowest BCUT2D eigenvalue weighted by Gasteiger charge is -2.25. The Kier molecular flexibility index (Phi) is 2.47. The molecule has 1 aliphatic heterocycles. The van der Waals surface area contributed by atoms with Crippen LogP contribution in [0.4, 0.5) is 15.8 Å². The summed E-state index contributed by atoms with van der Waals surface area (Å²) in [5, 5.41) is 13.8. The third-order valence-corrected chi connectivity index (χ3v) is 2.26. The van der Waals surface area contributed by atoms with Crippen LogP contribution in [0.3, 0.4) is 0 Å². The van der Waals surface area contributed by atoms with Gasteiger partial charge in [0.15, 0.2) is 0 Å². The number of carboxylic acid groups (broad SMARTS) is 1. The number of nitrogens with one attached hydrogen (secondary N) is 2. The largest absolute Gasteiger partial charge is 0.481 e. The van der Waals surface area contributed by atoms with E-state index in [2.05, 4.69) is 10.6 Å². The molecule has 0 fully saturated rings. The van der Waals surface area contributed by atoms with E-state index in [1.165, 1.54) is 18.2 Å². The molecule has 1 heterocycles. The van der Waals surface area contributed by atoms with Gasteiger partial charge in [0.05, 0.1) is 17.8 Å². The van der Waals surface area contributed by atoms with Crippen LogP contribution in [0.5, 0.6) is 0 Å². The lowest BCUT2D eigenvalue weighted by atomic mass is 10.1. The summed E-state index contributed by atoms with van der Waals surface area (Å²) in [6.45, 7) is 0. The monoisotopic (exact) mass is 224 g/mol. The van der Waals surface area contributed by atoms with Crippen molar-refractivity contribution in [1.82, 2.24) is 0 Å². The molecule has 0 saturated heterocycles. The fourth-order valence-corrected chi connectivity index (χ4v) is 1.54. The molecule has 1 aromatic carbocycles. The van der Waals surface area contributed by atoms with Crippen molar-refractivity contribution in [3.8, 4) is 0 Å². The molecule has 16 heavy (non-hydrogen) atoms. The minimum Gasteiger partial charge on any atom is -0.481 e. The van der Waals surface area contributed by atoms with Crippen LogP contribution in [0.15, 0.2) is 18.2 Å². The molecule has 0 radical (unpaired) electrons. The Morgan fingerprint density at radius 3 is 2.88 bits per heavy atom. The Bertz CT molecular complexity index is 461. The molecule has 0 bridgehead atoms. The maximum atomic E-state index is 12.9. The van der Waals surface area contributed by atoms with E-state index in [9.17, 15) is 14.0 Å². The number of carbonyl (C=O) groups is 2. The lowest BCUT2D eigenvalue weighted by Crippen LogP contribution is -2.40. The third kappa shape index (κ3) is 1.95. The van der Waals surface area contributed by atoms with Gasteiger partial charge in [-0.05, 0) is 18.2 Å². The summed E-state index contributed by atoms with van der Waals surface area (Å²) >= 11 is 0. The molecule has 5 nitrogen and oxygen atoms in total. The summed E-state index contributed by atoms with van der Waals surface area (Å²) < 4.78 is 12.9. The number of hydrogen-bond acceptors (Lipinski definition) is 3. The Labute approximate surface area is 90.3 Å². The SMILES string of the molecule is O=C(O)CC1Nc2cc(F)ccc2NC1=O. The molecular formula is C10H9FN2O3. The Morgan fingerprint density at radius 2 is 2.19 bits per heavy atom. The number of anilines is 2. The van der Waals surface area contributed by atoms with Gasteiger partial charge in [-0.3, -0.25) is 9.59 Å². The molecule has 0 aliphatic carbocycles. The Morgan fingerprint density at radius 1 is 1.44 bits per heavy atom. The van der Waals surface area contributed by atoms with Crippen LogP contribution in [0.2, 0.25) is 0 Å². The van der Waals surface area contributed by atoms with E-state index >= 15 is 0 Å². The fourth-order valence-electron chi connectivity index (χ4n) is 1.54. The van der Waals surface area contributed by atoms with Gasteiger partial charge in [0, 0.05) is 0 Å². The van der Waals surface area contributed by atoms with Crippen molar-refractivity contribution >= 4 is 23.3 Å². The molecule has 0 saturated carbocycles. The van der Waals surface area contributed by atoms with Gasteiger partial charge in [-0.15, -0.1) is 0 Å². The molecule has 0 spiro atoms. The first-order valence-corrected chi connectivity index (χ1v) is 4.65. The number of carboxylic acids is 1. The highest BCUT2D eigenvalue weighted by Gasteiger charge is 2.27. The molecule has 2 rings (SSSR count). The second kappa shape index (κ2) is 3.80. The van der Waals surface area contributed by atoms with Crippen molar-refractivity contribution in [2.45, 2.75) is 12.5 Å². The van der Waals surface area contributed by atoms with Gasteiger partial charge >= 0.3 is 5.97 Å². The number of hydrogen-bond donors (Lipinski definition) is 3. The van der Waals surface area contributed by atoms with Crippen molar-refractivity contribution in [2.75, 3.05) is 10.6 Å². The quantitative estimate of drug-likeness (QED) is 0.701. The first-order chi connectivity index (χ1) is 7.56. The molecule has 1 aliphatic rings. The van der Waals surface area contributed by atoms with Crippen LogP contribution in [0.25, 0.3) is 0 Å². The number of benzene rings is 1. The van der Waals surface area contributed by atoms with Crippen LogP contribution >= 0.6 is 0 Å². The van der Waals surface area contributed by atoms with E-state index in [0.29, 0.717) is 11.4 Å². The second-order valence-electron chi connectivity index (χ2n) is 3.47. The molecule has 3 N–H and O–H groups in total. The smallest absolute Gasteiger partial charge is 0.305 e. The highest BCUT2D eigenvalue weighted by molar-refractivity contribution is 6.04. The van der Waals surface area contributed by atoms with Crippen molar-refractivity contribution in [1.29, 1.82) is 0 Å². The van der Waals surface area contributed by atoms with E-state index in [1.807, 2.05) is 0 Å². The Hall–Kier alpha value is -2.11. The van der Waals surface area contributed by atoms with Crippen LogP contribution < -0.4 is 10.6 Å². The van der Waals surface area contributed by atoms with Crippen molar-refractivity contribution in [2.24, 2.45) is 0 Å². The van der Waals surface area contributed by atoms with Gasteiger partial charge in [-0.1, -0.05) is 0 Å². The van der Waals surface area contributed by atoms with Gasteiger partial charge in [-0.25, -0.2) is 4.39 Å². The third-order valence-electron chi connectivity index (χ3n) is 2.26. The molecule has 1 atom stereocenters. The van der Waals surface area contributed by atoms with Crippen LogP contribution in [0, 0.1) is 5.82 Å².